The van der Waals surface area contributed by atoms with Crippen LogP contribution < -0.4 is 0 Å². The van der Waals surface area contributed by atoms with Crippen LogP contribution in [0.5, 0.6) is 0 Å². The Morgan fingerprint density at radius 3 is 2.57 bits per heavy atom. The first-order valence-corrected chi connectivity index (χ1v) is 9.22. The molecule has 1 fully saturated rings. The Morgan fingerprint density at radius 1 is 1.26 bits per heavy atom. The van der Waals surface area contributed by atoms with Gasteiger partial charge in [0, 0.05) is 25.5 Å². The maximum atomic E-state index is 13.0. The van der Waals surface area contributed by atoms with Gasteiger partial charge in [0.15, 0.2) is 9.84 Å². The Balaban J connectivity index is 1.76. The van der Waals surface area contributed by atoms with E-state index < -0.39 is 15.1 Å². The lowest BCUT2D eigenvalue weighted by molar-refractivity contribution is 0.0788. The van der Waals surface area contributed by atoms with E-state index in [-0.39, 0.29) is 18.3 Å². The number of carbonyl (C=O) groups is 1. The lowest BCUT2D eigenvalue weighted by atomic mass is 10.1. The van der Waals surface area contributed by atoms with Crippen molar-refractivity contribution < 1.29 is 17.6 Å². The van der Waals surface area contributed by atoms with Crippen molar-refractivity contribution in [3.05, 3.63) is 48.0 Å². The molecule has 122 valence electrons. The lowest BCUT2D eigenvalue weighted by Gasteiger charge is -2.14. The number of hydrogen-bond acceptors (Lipinski definition) is 3. The maximum Gasteiger partial charge on any atom is 0.270 e. The topological polar surface area (TPSA) is 70.2 Å². The Labute approximate surface area is 134 Å². The van der Waals surface area contributed by atoms with Gasteiger partial charge in [-0.15, -0.1) is 0 Å². The van der Waals surface area contributed by atoms with Gasteiger partial charge in [-0.25, -0.2) is 12.8 Å². The van der Waals surface area contributed by atoms with Crippen LogP contribution in [0.2, 0.25) is 0 Å². The highest BCUT2D eigenvalue weighted by molar-refractivity contribution is 7.91. The minimum absolute atomic E-state index is 0.218. The lowest BCUT2D eigenvalue weighted by Crippen LogP contribution is -2.31. The Kier molecular flexibility index (Phi) is 3.97. The standard InChI is InChI=1S/C16H17FN2O3S/c1-23(21,22)14-6-7-19(10-14)16(20)15-8-12(9-18-15)11-2-4-13(17)5-3-11/h2-5,8-9,14,18H,6-7,10H2,1H3. The van der Waals surface area contributed by atoms with Crippen LogP contribution in [0.3, 0.4) is 0 Å². The number of rotatable bonds is 3. The first kappa shape index (κ1) is 15.7. The molecule has 1 saturated heterocycles. The highest BCUT2D eigenvalue weighted by Gasteiger charge is 2.33. The molecule has 1 atom stereocenters. The first-order valence-electron chi connectivity index (χ1n) is 7.27. The third-order valence-corrected chi connectivity index (χ3v) is 5.72. The molecule has 23 heavy (non-hydrogen) atoms. The third kappa shape index (κ3) is 3.29. The highest BCUT2D eigenvalue weighted by atomic mass is 32.2. The molecule has 0 aliphatic carbocycles. The van der Waals surface area contributed by atoms with E-state index in [9.17, 15) is 17.6 Å². The number of aromatic amines is 1. The van der Waals surface area contributed by atoms with Crippen LogP contribution >= 0.6 is 0 Å². The number of hydrogen-bond donors (Lipinski definition) is 1. The van der Waals surface area contributed by atoms with Crippen LogP contribution in [0.15, 0.2) is 36.5 Å². The van der Waals surface area contributed by atoms with E-state index in [1.807, 2.05) is 0 Å². The molecule has 1 amide bonds. The molecule has 0 spiro atoms. The summed E-state index contributed by atoms with van der Waals surface area (Å²) < 4.78 is 36.1. The Hall–Kier alpha value is -2.15. The summed E-state index contributed by atoms with van der Waals surface area (Å²) in [5.74, 6) is -0.533. The van der Waals surface area contributed by atoms with Crippen molar-refractivity contribution >= 4 is 15.7 Å². The number of nitrogens with one attached hydrogen (secondary N) is 1. The van der Waals surface area contributed by atoms with Crippen LogP contribution in [-0.2, 0) is 9.84 Å². The fourth-order valence-corrected chi connectivity index (χ4v) is 3.74. The molecular formula is C16H17FN2O3S. The number of aromatic nitrogens is 1. The van der Waals surface area contributed by atoms with Crippen molar-refractivity contribution in [1.29, 1.82) is 0 Å². The summed E-state index contributed by atoms with van der Waals surface area (Å²) in [7, 11) is -3.13. The zero-order valence-electron chi connectivity index (χ0n) is 12.6. The Bertz CT molecular complexity index is 827. The van der Waals surface area contributed by atoms with Crippen molar-refractivity contribution in [2.75, 3.05) is 19.3 Å². The van der Waals surface area contributed by atoms with Gasteiger partial charge in [0.05, 0.1) is 5.25 Å². The summed E-state index contributed by atoms with van der Waals surface area (Å²) in [6.07, 6.45) is 3.35. The third-order valence-electron chi connectivity index (χ3n) is 4.13. The minimum Gasteiger partial charge on any atom is -0.357 e. The van der Waals surface area contributed by atoms with E-state index in [0.717, 1.165) is 11.1 Å². The van der Waals surface area contributed by atoms with Gasteiger partial charge in [0.2, 0.25) is 0 Å². The number of carbonyl (C=O) groups excluding carboxylic acids is 1. The van der Waals surface area contributed by atoms with Crippen LogP contribution in [0.4, 0.5) is 4.39 Å². The van der Waals surface area contributed by atoms with E-state index in [0.29, 0.717) is 18.7 Å². The number of halogens is 1. The number of sulfone groups is 1. The molecular weight excluding hydrogens is 319 g/mol. The van der Waals surface area contributed by atoms with Gasteiger partial charge in [-0.3, -0.25) is 4.79 Å². The normalized spacial score (nSPS) is 18.3. The summed E-state index contributed by atoms with van der Waals surface area (Å²) in [4.78, 5) is 16.9. The number of H-pyrrole nitrogens is 1. The van der Waals surface area contributed by atoms with E-state index >= 15 is 0 Å². The van der Waals surface area contributed by atoms with Crippen molar-refractivity contribution in [3.63, 3.8) is 0 Å². The minimum atomic E-state index is -3.13. The fourth-order valence-electron chi connectivity index (χ4n) is 2.76. The average Bonchev–Trinajstić information content (AvgIpc) is 3.16. The molecule has 1 aromatic carbocycles. The van der Waals surface area contributed by atoms with E-state index in [4.69, 9.17) is 0 Å². The predicted molar refractivity (Wildman–Crippen MR) is 85.3 cm³/mol. The van der Waals surface area contributed by atoms with Crippen molar-refractivity contribution in [2.24, 2.45) is 0 Å². The largest absolute Gasteiger partial charge is 0.357 e. The molecule has 1 aliphatic rings. The molecule has 1 unspecified atom stereocenters. The van der Waals surface area contributed by atoms with E-state index in [1.54, 1.807) is 29.3 Å². The second-order valence-corrected chi connectivity index (χ2v) is 8.13. The fraction of sp³-hybridized carbons (Fsp3) is 0.312. The molecule has 1 aliphatic heterocycles. The van der Waals surface area contributed by atoms with E-state index in [1.165, 1.54) is 18.4 Å². The molecule has 1 aromatic heterocycles. The summed E-state index contributed by atoms with van der Waals surface area (Å²) in [5, 5.41) is -0.488. The molecule has 7 heteroatoms. The van der Waals surface area contributed by atoms with Gasteiger partial charge in [0.1, 0.15) is 11.5 Å². The molecule has 3 rings (SSSR count). The summed E-state index contributed by atoms with van der Waals surface area (Å²) in [5.41, 5.74) is 1.99. The molecule has 1 N–H and O–H groups in total. The molecule has 2 aromatic rings. The molecule has 0 saturated carbocycles. The van der Waals surface area contributed by atoms with Crippen molar-refractivity contribution in [3.8, 4) is 11.1 Å². The van der Waals surface area contributed by atoms with Crippen LogP contribution in [0.1, 0.15) is 16.9 Å². The predicted octanol–water partition coefficient (Wildman–Crippen LogP) is 2.08. The van der Waals surface area contributed by atoms with Crippen LogP contribution in [0, 0.1) is 5.82 Å². The molecule has 5 nitrogen and oxygen atoms in total. The summed E-state index contributed by atoms with van der Waals surface area (Å²) in [6, 6.07) is 7.70. The maximum absolute atomic E-state index is 13.0. The zero-order chi connectivity index (χ0) is 16.6. The van der Waals surface area contributed by atoms with Crippen LogP contribution in [-0.4, -0.2) is 48.8 Å². The molecule has 0 radical (unpaired) electrons. The van der Waals surface area contributed by atoms with Gasteiger partial charge < -0.3 is 9.88 Å². The number of likely N-dealkylation sites (tertiary alicyclic amines) is 1. The summed E-state index contributed by atoms with van der Waals surface area (Å²) >= 11 is 0. The second kappa shape index (κ2) is 5.81. The molecule has 0 bridgehead atoms. The smallest absolute Gasteiger partial charge is 0.270 e. The quantitative estimate of drug-likeness (QED) is 0.933. The Morgan fingerprint density at radius 2 is 1.96 bits per heavy atom. The van der Waals surface area contributed by atoms with Gasteiger partial charge in [0.25, 0.3) is 5.91 Å². The van der Waals surface area contributed by atoms with Gasteiger partial charge in [-0.2, -0.15) is 0 Å². The zero-order valence-corrected chi connectivity index (χ0v) is 13.4. The second-order valence-electron chi connectivity index (χ2n) is 5.80. The van der Waals surface area contributed by atoms with Crippen LogP contribution in [0.25, 0.3) is 11.1 Å². The average molecular weight is 336 g/mol. The van der Waals surface area contributed by atoms with E-state index in [2.05, 4.69) is 4.98 Å². The van der Waals surface area contributed by atoms with Gasteiger partial charge >= 0.3 is 0 Å². The van der Waals surface area contributed by atoms with Crippen molar-refractivity contribution in [1.82, 2.24) is 9.88 Å². The summed E-state index contributed by atoms with van der Waals surface area (Å²) in [6.45, 7) is 0.657. The number of benzene rings is 1. The highest BCUT2D eigenvalue weighted by Crippen LogP contribution is 2.23. The number of nitrogens with zero attached hydrogens (tertiary/aromatic N) is 1. The van der Waals surface area contributed by atoms with Crippen molar-refractivity contribution in [2.45, 2.75) is 11.7 Å². The van der Waals surface area contributed by atoms with Gasteiger partial charge in [-0.05, 0) is 35.7 Å². The SMILES string of the molecule is CS(=O)(=O)C1CCN(C(=O)c2cc(-c3ccc(F)cc3)c[nH]2)C1. The first-order chi connectivity index (χ1) is 10.8. The number of amides is 1. The monoisotopic (exact) mass is 336 g/mol. The van der Waals surface area contributed by atoms with Gasteiger partial charge in [-0.1, -0.05) is 12.1 Å². The molecule has 2 heterocycles.